The van der Waals surface area contributed by atoms with E-state index in [9.17, 15) is 0 Å². The first-order valence-electron chi connectivity index (χ1n) is 19.3. The Morgan fingerprint density at radius 3 is 1.25 bits per heavy atom. The summed E-state index contributed by atoms with van der Waals surface area (Å²) in [5, 5.41) is 4.96. The standard InChI is InChI=1S/C54H36N2/c1-4-17-37(18-5-1)42-23-10-13-28-49(42)55-51-30-15-12-25-45(51)47-35-40(31-33-52(47)55)41-32-34-53-48(36-41)46-27-16-26-44(39-21-8-3-9-22-39)54(46)56(53)50-29-14-11-24-43(50)38-19-6-2-7-20-38/h1-36H. The summed E-state index contributed by atoms with van der Waals surface area (Å²) in [6.07, 6.45) is 0. The van der Waals surface area contributed by atoms with Gasteiger partial charge in [-0.2, -0.15) is 0 Å². The molecule has 0 aliphatic rings. The fourth-order valence-electron chi connectivity index (χ4n) is 8.82. The van der Waals surface area contributed by atoms with Crippen molar-refractivity contribution in [3.8, 4) is 55.9 Å². The van der Waals surface area contributed by atoms with Crippen LogP contribution >= 0.6 is 0 Å². The van der Waals surface area contributed by atoms with Crippen molar-refractivity contribution < 1.29 is 0 Å². The highest BCUT2D eigenvalue weighted by Crippen LogP contribution is 2.43. The van der Waals surface area contributed by atoms with E-state index >= 15 is 0 Å². The lowest BCUT2D eigenvalue weighted by molar-refractivity contribution is 1.18. The second-order valence-electron chi connectivity index (χ2n) is 14.5. The number of nitrogens with zero attached hydrogens (tertiary/aromatic N) is 2. The largest absolute Gasteiger partial charge is 0.309 e. The van der Waals surface area contributed by atoms with Crippen LogP contribution in [0.25, 0.3) is 99.5 Å². The molecular formula is C54H36N2. The number of benzene rings is 9. The molecule has 0 aliphatic carbocycles. The average molecular weight is 713 g/mol. The van der Waals surface area contributed by atoms with E-state index in [-0.39, 0.29) is 0 Å². The topological polar surface area (TPSA) is 9.86 Å². The molecule has 2 heteroatoms. The molecule has 2 nitrogen and oxygen atoms in total. The Kier molecular flexibility index (Phi) is 7.53. The normalized spacial score (nSPS) is 11.6. The number of fused-ring (bicyclic) bond motifs is 6. The molecule has 0 aliphatic heterocycles. The fourth-order valence-corrected chi connectivity index (χ4v) is 8.82. The first-order valence-corrected chi connectivity index (χ1v) is 19.3. The molecule has 2 heterocycles. The van der Waals surface area contributed by atoms with Gasteiger partial charge in [-0.25, -0.2) is 0 Å². The minimum Gasteiger partial charge on any atom is -0.309 e. The van der Waals surface area contributed by atoms with Gasteiger partial charge < -0.3 is 9.13 Å². The van der Waals surface area contributed by atoms with E-state index in [2.05, 4.69) is 228 Å². The summed E-state index contributed by atoms with van der Waals surface area (Å²) in [7, 11) is 0. The highest BCUT2D eigenvalue weighted by molar-refractivity contribution is 6.16. The number of hydrogen-bond donors (Lipinski definition) is 0. The minimum absolute atomic E-state index is 1.17. The number of hydrogen-bond acceptors (Lipinski definition) is 0. The molecule has 56 heavy (non-hydrogen) atoms. The van der Waals surface area contributed by atoms with Crippen LogP contribution in [0.5, 0.6) is 0 Å². The molecule has 0 spiro atoms. The summed E-state index contributed by atoms with van der Waals surface area (Å²) in [4.78, 5) is 0. The maximum Gasteiger partial charge on any atom is 0.0619 e. The number of rotatable bonds is 6. The van der Waals surface area contributed by atoms with Crippen molar-refractivity contribution in [3.05, 3.63) is 218 Å². The van der Waals surface area contributed by atoms with Gasteiger partial charge in [0, 0.05) is 38.2 Å². The van der Waals surface area contributed by atoms with Gasteiger partial charge in [-0.1, -0.05) is 176 Å². The van der Waals surface area contributed by atoms with Gasteiger partial charge in [-0.3, -0.25) is 0 Å². The zero-order chi connectivity index (χ0) is 37.0. The molecule has 262 valence electrons. The van der Waals surface area contributed by atoms with Crippen LogP contribution in [0.3, 0.4) is 0 Å². The zero-order valence-corrected chi connectivity index (χ0v) is 30.7. The van der Waals surface area contributed by atoms with Crippen molar-refractivity contribution >= 4 is 43.6 Å². The first kappa shape index (κ1) is 32.0. The van der Waals surface area contributed by atoms with E-state index in [4.69, 9.17) is 0 Å². The predicted octanol–water partition coefficient (Wildman–Crippen LogP) is 14.5. The monoisotopic (exact) mass is 712 g/mol. The molecule has 0 saturated heterocycles. The van der Waals surface area contributed by atoms with Gasteiger partial charge >= 0.3 is 0 Å². The van der Waals surface area contributed by atoms with Crippen LogP contribution in [0, 0.1) is 0 Å². The van der Waals surface area contributed by atoms with Crippen LogP contribution in [-0.2, 0) is 0 Å². The van der Waals surface area contributed by atoms with Crippen LogP contribution in [-0.4, -0.2) is 9.13 Å². The molecule has 0 atom stereocenters. The van der Waals surface area contributed by atoms with Crippen LogP contribution in [0.15, 0.2) is 218 Å². The molecule has 2 aromatic heterocycles. The van der Waals surface area contributed by atoms with Gasteiger partial charge in [-0.15, -0.1) is 0 Å². The summed E-state index contributed by atoms with van der Waals surface area (Å²) in [6.45, 7) is 0. The van der Waals surface area contributed by atoms with Gasteiger partial charge in [0.15, 0.2) is 0 Å². The van der Waals surface area contributed by atoms with Crippen molar-refractivity contribution in [1.82, 2.24) is 9.13 Å². The third kappa shape index (κ3) is 5.11. The minimum atomic E-state index is 1.17. The summed E-state index contributed by atoms with van der Waals surface area (Å²) in [5.41, 5.74) is 16.8. The Hall–Kier alpha value is -7.42. The molecule has 11 rings (SSSR count). The molecule has 0 fully saturated rings. The predicted molar refractivity (Wildman–Crippen MR) is 237 cm³/mol. The van der Waals surface area contributed by atoms with Gasteiger partial charge in [0.1, 0.15) is 0 Å². The second-order valence-corrected chi connectivity index (χ2v) is 14.5. The summed E-state index contributed by atoms with van der Waals surface area (Å²) < 4.78 is 4.92. The lowest BCUT2D eigenvalue weighted by Crippen LogP contribution is -1.98. The zero-order valence-electron chi connectivity index (χ0n) is 30.7. The Labute approximate surface area is 325 Å². The Balaban J connectivity index is 1.14. The third-order valence-corrected chi connectivity index (χ3v) is 11.3. The molecule has 0 N–H and O–H groups in total. The molecular weight excluding hydrogens is 677 g/mol. The van der Waals surface area contributed by atoms with Gasteiger partial charge in [0.2, 0.25) is 0 Å². The van der Waals surface area contributed by atoms with Crippen molar-refractivity contribution in [2.24, 2.45) is 0 Å². The van der Waals surface area contributed by atoms with E-state index in [0.29, 0.717) is 0 Å². The van der Waals surface area contributed by atoms with Crippen LogP contribution in [0.1, 0.15) is 0 Å². The Bertz CT molecular complexity index is 3220. The molecule has 11 aromatic rings. The van der Waals surface area contributed by atoms with Gasteiger partial charge in [-0.05, 0) is 70.3 Å². The maximum absolute atomic E-state index is 2.49. The van der Waals surface area contributed by atoms with Crippen molar-refractivity contribution in [1.29, 1.82) is 0 Å². The smallest absolute Gasteiger partial charge is 0.0619 e. The van der Waals surface area contributed by atoms with Gasteiger partial charge in [0.25, 0.3) is 0 Å². The van der Waals surface area contributed by atoms with Gasteiger partial charge in [0.05, 0.1) is 33.4 Å². The molecule has 0 saturated carbocycles. The molecule has 0 unspecified atom stereocenters. The quantitative estimate of drug-likeness (QED) is 0.162. The lowest BCUT2D eigenvalue weighted by atomic mass is 9.99. The van der Waals surface area contributed by atoms with Crippen molar-refractivity contribution in [3.63, 3.8) is 0 Å². The maximum atomic E-state index is 2.49. The van der Waals surface area contributed by atoms with Crippen LogP contribution in [0.4, 0.5) is 0 Å². The van der Waals surface area contributed by atoms with E-state index in [0.717, 1.165) is 0 Å². The molecule has 0 bridgehead atoms. The summed E-state index contributed by atoms with van der Waals surface area (Å²) >= 11 is 0. The highest BCUT2D eigenvalue weighted by atomic mass is 15.0. The van der Waals surface area contributed by atoms with Crippen molar-refractivity contribution in [2.75, 3.05) is 0 Å². The van der Waals surface area contributed by atoms with Crippen LogP contribution in [0.2, 0.25) is 0 Å². The number of para-hydroxylation sites is 4. The SMILES string of the molecule is c1ccc(-c2ccccc2-n2c3ccccc3c3cc(-c4ccc5c(c4)c4cccc(-c6ccccc6)c4n5-c4ccccc4-c4ccccc4)ccc32)cc1. The average Bonchev–Trinajstić information content (AvgIpc) is 3.79. The Morgan fingerprint density at radius 1 is 0.232 bits per heavy atom. The van der Waals surface area contributed by atoms with E-state index in [1.807, 2.05) is 0 Å². The first-order chi connectivity index (χ1) is 27.8. The lowest BCUT2D eigenvalue weighted by Gasteiger charge is -2.16. The van der Waals surface area contributed by atoms with Crippen LogP contribution < -0.4 is 0 Å². The van der Waals surface area contributed by atoms with E-state index in [1.54, 1.807) is 0 Å². The Morgan fingerprint density at radius 2 is 0.643 bits per heavy atom. The van der Waals surface area contributed by atoms with E-state index in [1.165, 1.54) is 99.5 Å². The fraction of sp³-hybridized carbons (Fsp3) is 0. The number of aromatic nitrogens is 2. The molecule has 9 aromatic carbocycles. The van der Waals surface area contributed by atoms with Crippen molar-refractivity contribution in [2.45, 2.75) is 0 Å². The molecule has 0 amide bonds. The van der Waals surface area contributed by atoms with E-state index < -0.39 is 0 Å². The third-order valence-electron chi connectivity index (χ3n) is 11.3. The second kappa shape index (κ2) is 13.2. The highest BCUT2D eigenvalue weighted by Gasteiger charge is 2.20. The summed E-state index contributed by atoms with van der Waals surface area (Å²) in [6, 6.07) is 79.3. The summed E-state index contributed by atoms with van der Waals surface area (Å²) in [5.74, 6) is 0. The molecule has 0 radical (unpaired) electrons.